The third-order valence-electron chi connectivity index (χ3n) is 3.04. The summed E-state index contributed by atoms with van der Waals surface area (Å²) in [6, 6.07) is 16.0. The second kappa shape index (κ2) is 8.82. The van der Waals surface area contributed by atoms with Gasteiger partial charge in [-0.3, -0.25) is 0 Å². The summed E-state index contributed by atoms with van der Waals surface area (Å²) in [7, 11) is 0. The minimum atomic E-state index is 0.496. The maximum absolute atomic E-state index is 5.73. The number of halogens is 1. The lowest BCUT2D eigenvalue weighted by Gasteiger charge is -2.10. The van der Waals surface area contributed by atoms with Crippen molar-refractivity contribution in [3.8, 4) is 5.75 Å². The molecule has 0 aliphatic rings. The SMILES string of the molecule is NCc1ccccc1OCCCOCc1cccc(Br)c1. The molecule has 0 heterocycles. The van der Waals surface area contributed by atoms with E-state index in [-0.39, 0.29) is 0 Å². The molecule has 0 aliphatic carbocycles. The van der Waals surface area contributed by atoms with E-state index in [1.54, 1.807) is 0 Å². The van der Waals surface area contributed by atoms with Crippen molar-refractivity contribution < 1.29 is 9.47 Å². The van der Waals surface area contributed by atoms with Gasteiger partial charge in [0.1, 0.15) is 5.75 Å². The van der Waals surface area contributed by atoms with Gasteiger partial charge in [-0.1, -0.05) is 46.3 Å². The molecule has 2 rings (SSSR count). The molecule has 0 bridgehead atoms. The summed E-state index contributed by atoms with van der Waals surface area (Å²) < 4.78 is 12.4. The zero-order valence-electron chi connectivity index (χ0n) is 11.9. The molecule has 112 valence electrons. The summed E-state index contributed by atoms with van der Waals surface area (Å²) in [5.74, 6) is 0.868. The summed E-state index contributed by atoms with van der Waals surface area (Å²) in [6.07, 6.45) is 0.854. The summed E-state index contributed by atoms with van der Waals surface area (Å²) >= 11 is 3.45. The number of ether oxygens (including phenoxy) is 2. The predicted octanol–water partition coefficient (Wildman–Crippen LogP) is 3.89. The second-order valence-corrected chi connectivity index (χ2v) is 5.61. The lowest BCUT2D eigenvalue weighted by Crippen LogP contribution is -2.06. The van der Waals surface area contributed by atoms with E-state index in [9.17, 15) is 0 Å². The Morgan fingerprint density at radius 3 is 2.67 bits per heavy atom. The molecule has 3 nitrogen and oxygen atoms in total. The third kappa shape index (κ3) is 5.50. The highest BCUT2D eigenvalue weighted by Gasteiger charge is 2.00. The van der Waals surface area contributed by atoms with Gasteiger partial charge >= 0.3 is 0 Å². The molecule has 2 aromatic rings. The summed E-state index contributed by atoms with van der Waals surface area (Å²) in [5.41, 5.74) is 7.87. The first-order valence-corrected chi connectivity index (χ1v) is 7.82. The second-order valence-electron chi connectivity index (χ2n) is 4.70. The first-order chi connectivity index (χ1) is 10.3. The van der Waals surface area contributed by atoms with Gasteiger partial charge in [-0.05, 0) is 23.8 Å². The lowest BCUT2D eigenvalue weighted by atomic mass is 10.2. The molecular weight excluding hydrogens is 330 g/mol. The lowest BCUT2D eigenvalue weighted by molar-refractivity contribution is 0.107. The minimum absolute atomic E-state index is 0.496. The van der Waals surface area contributed by atoms with Crippen molar-refractivity contribution in [2.24, 2.45) is 5.73 Å². The van der Waals surface area contributed by atoms with Crippen molar-refractivity contribution in [1.82, 2.24) is 0 Å². The fourth-order valence-electron chi connectivity index (χ4n) is 1.97. The van der Waals surface area contributed by atoms with Crippen LogP contribution in [0.1, 0.15) is 17.5 Å². The van der Waals surface area contributed by atoms with Gasteiger partial charge < -0.3 is 15.2 Å². The molecule has 0 unspecified atom stereocenters. The van der Waals surface area contributed by atoms with Gasteiger partial charge in [0.2, 0.25) is 0 Å². The van der Waals surface area contributed by atoms with Crippen LogP contribution in [0.2, 0.25) is 0 Å². The molecule has 0 aliphatic heterocycles. The highest BCUT2D eigenvalue weighted by molar-refractivity contribution is 9.10. The fraction of sp³-hybridized carbons (Fsp3) is 0.294. The van der Waals surface area contributed by atoms with E-state index in [2.05, 4.69) is 28.1 Å². The molecule has 0 fully saturated rings. The Balaban J connectivity index is 1.64. The maximum atomic E-state index is 5.73. The Morgan fingerprint density at radius 2 is 1.86 bits per heavy atom. The van der Waals surface area contributed by atoms with E-state index < -0.39 is 0 Å². The Kier molecular flexibility index (Phi) is 6.73. The van der Waals surface area contributed by atoms with Crippen LogP contribution < -0.4 is 10.5 Å². The quantitative estimate of drug-likeness (QED) is 0.735. The first kappa shape index (κ1) is 16.0. The van der Waals surface area contributed by atoms with Crippen LogP contribution >= 0.6 is 15.9 Å². The van der Waals surface area contributed by atoms with Crippen molar-refractivity contribution in [2.45, 2.75) is 19.6 Å². The smallest absolute Gasteiger partial charge is 0.123 e. The zero-order chi connectivity index (χ0) is 14.9. The van der Waals surface area contributed by atoms with Crippen LogP contribution in [0, 0.1) is 0 Å². The molecule has 0 spiro atoms. The number of hydrogen-bond acceptors (Lipinski definition) is 3. The standard InChI is InChI=1S/C17H20BrNO2/c18-16-7-3-5-14(11-16)13-20-9-4-10-21-17-8-2-1-6-15(17)12-19/h1-3,5-8,11H,4,9-10,12-13,19H2. The monoisotopic (exact) mass is 349 g/mol. The normalized spacial score (nSPS) is 10.6. The van der Waals surface area contributed by atoms with Gasteiger partial charge in [0.05, 0.1) is 19.8 Å². The topological polar surface area (TPSA) is 44.5 Å². The number of hydrogen-bond donors (Lipinski definition) is 1. The Bertz CT molecular complexity index is 560. The van der Waals surface area contributed by atoms with Crippen molar-refractivity contribution in [3.63, 3.8) is 0 Å². The molecule has 0 radical (unpaired) electrons. The van der Waals surface area contributed by atoms with Gasteiger partial charge in [-0.15, -0.1) is 0 Å². The molecule has 21 heavy (non-hydrogen) atoms. The van der Waals surface area contributed by atoms with Gasteiger partial charge in [-0.25, -0.2) is 0 Å². The van der Waals surface area contributed by atoms with Crippen LogP contribution in [-0.2, 0) is 17.9 Å². The largest absolute Gasteiger partial charge is 0.493 e. The first-order valence-electron chi connectivity index (χ1n) is 7.02. The molecule has 0 amide bonds. The average molecular weight is 350 g/mol. The van der Waals surface area contributed by atoms with Crippen LogP contribution in [0.15, 0.2) is 53.0 Å². The van der Waals surface area contributed by atoms with Crippen molar-refractivity contribution in [1.29, 1.82) is 0 Å². The Morgan fingerprint density at radius 1 is 1.00 bits per heavy atom. The van der Waals surface area contributed by atoms with Crippen LogP contribution in [-0.4, -0.2) is 13.2 Å². The van der Waals surface area contributed by atoms with Gasteiger partial charge in [0.15, 0.2) is 0 Å². The molecule has 2 N–H and O–H groups in total. The number of para-hydroxylation sites is 1. The van der Waals surface area contributed by atoms with E-state index in [1.165, 1.54) is 5.56 Å². The number of nitrogens with two attached hydrogens (primary N) is 1. The molecule has 0 atom stereocenters. The van der Waals surface area contributed by atoms with Gasteiger partial charge in [0.25, 0.3) is 0 Å². The molecule has 2 aromatic carbocycles. The Hall–Kier alpha value is -1.36. The van der Waals surface area contributed by atoms with E-state index in [4.69, 9.17) is 15.2 Å². The molecule has 0 aromatic heterocycles. The van der Waals surface area contributed by atoms with E-state index in [0.29, 0.717) is 26.4 Å². The predicted molar refractivity (Wildman–Crippen MR) is 88.2 cm³/mol. The number of rotatable bonds is 8. The van der Waals surface area contributed by atoms with Crippen molar-refractivity contribution >= 4 is 15.9 Å². The fourth-order valence-corrected chi connectivity index (χ4v) is 2.42. The molecular formula is C17H20BrNO2. The van der Waals surface area contributed by atoms with Crippen LogP contribution in [0.3, 0.4) is 0 Å². The molecule has 4 heteroatoms. The van der Waals surface area contributed by atoms with E-state index in [0.717, 1.165) is 22.2 Å². The molecule has 0 saturated heterocycles. The number of benzene rings is 2. The van der Waals surface area contributed by atoms with Crippen LogP contribution in [0.4, 0.5) is 0 Å². The third-order valence-corrected chi connectivity index (χ3v) is 3.53. The van der Waals surface area contributed by atoms with E-state index >= 15 is 0 Å². The minimum Gasteiger partial charge on any atom is -0.493 e. The van der Waals surface area contributed by atoms with Crippen LogP contribution in [0.25, 0.3) is 0 Å². The van der Waals surface area contributed by atoms with Crippen molar-refractivity contribution in [2.75, 3.05) is 13.2 Å². The van der Waals surface area contributed by atoms with E-state index in [1.807, 2.05) is 36.4 Å². The summed E-state index contributed by atoms with van der Waals surface area (Å²) in [4.78, 5) is 0. The summed E-state index contributed by atoms with van der Waals surface area (Å²) in [5, 5.41) is 0. The zero-order valence-corrected chi connectivity index (χ0v) is 13.5. The maximum Gasteiger partial charge on any atom is 0.123 e. The van der Waals surface area contributed by atoms with Gasteiger partial charge in [-0.2, -0.15) is 0 Å². The summed E-state index contributed by atoms with van der Waals surface area (Å²) in [6.45, 7) is 2.43. The highest BCUT2D eigenvalue weighted by Crippen LogP contribution is 2.17. The van der Waals surface area contributed by atoms with Crippen molar-refractivity contribution in [3.05, 3.63) is 64.1 Å². The Labute approximate surface area is 134 Å². The van der Waals surface area contributed by atoms with Crippen LogP contribution in [0.5, 0.6) is 5.75 Å². The van der Waals surface area contributed by atoms with Gasteiger partial charge in [0, 0.05) is 23.0 Å². The molecule has 0 saturated carbocycles. The average Bonchev–Trinajstić information content (AvgIpc) is 2.51. The highest BCUT2D eigenvalue weighted by atomic mass is 79.9.